The van der Waals surface area contributed by atoms with Crippen LogP contribution in [0.15, 0.2) is 65.7 Å². The zero-order valence-electron chi connectivity index (χ0n) is 17.3. The van der Waals surface area contributed by atoms with Gasteiger partial charge in [-0.25, -0.2) is 13.1 Å². The lowest BCUT2D eigenvalue weighted by molar-refractivity contribution is 0.579. The number of benzene rings is 2. The van der Waals surface area contributed by atoms with Gasteiger partial charge in [0, 0.05) is 32.6 Å². The third-order valence-corrected chi connectivity index (χ3v) is 6.09. The van der Waals surface area contributed by atoms with Crippen molar-refractivity contribution in [3.8, 4) is 0 Å². The van der Waals surface area contributed by atoms with Crippen LogP contribution in [0, 0.1) is 0 Å². The van der Waals surface area contributed by atoms with E-state index >= 15 is 0 Å². The van der Waals surface area contributed by atoms with Gasteiger partial charge >= 0.3 is 0 Å². The first-order chi connectivity index (χ1) is 14.0. The van der Waals surface area contributed by atoms with Crippen molar-refractivity contribution in [3.05, 3.63) is 71.8 Å². The standard InChI is InChI=1S/C22H32N4O2S/c1-3-29(27,28)26-16-10-15-24-22(23-2)25-18-21(20-13-8-5-9-14-20)17-19-11-6-4-7-12-19/h4-9,11-14,21,26H,3,10,15-18H2,1-2H3,(H2,23,24,25). The van der Waals surface area contributed by atoms with Crippen LogP contribution in [0.25, 0.3) is 0 Å². The lowest BCUT2D eigenvalue weighted by atomic mass is 9.92. The first-order valence-corrected chi connectivity index (χ1v) is 11.7. The van der Waals surface area contributed by atoms with Gasteiger partial charge in [-0.2, -0.15) is 0 Å². The molecule has 0 aliphatic carbocycles. The summed E-state index contributed by atoms with van der Waals surface area (Å²) < 4.78 is 25.5. The molecule has 0 fully saturated rings. The maximum absolute atomic E-state index is 11.4. The minimum absolute atomic E-state index is 0.103. The highest BCUT2D eigenvalue weighted by Gasteiger charge is 2.13. The van der Waals surface area contributed by atoms with Crippen LogP contribution < -0.4 is 15.4 Å². The molecular weight excluding hydrogens is 384 g/mol. The molecule has 6 nitrogen and oxygen atoms in total. The molecule has 0 bridgehead atoms. The average Bonchev–Trinajstić information content (AvgIpc) is 2.76. The van der Waals surface area contributed by atoms with Crippen molar-refractivity contribution in [2.45, 2.75) is 25.7 Å². The van der Waals surface area contributed by atoms with E-state index in [4.69, 9.17) is 0 Å². The minimum Gasteiger partial charge on any atom is -0.356 e. The summed E-state index contributed by atoms with van der Waals surface area (Å²) in [6.07, 6.45) is 1.62. The van der Waals surface area contributed by atoms with Crippen molar-refractivity contribution < 1.29 is 8.42 Å². The van der Waals surface area contributed by atoms with Gasteiger partial charge in [0.05, 0.1) is 5.75 Å². The molecule has 2 aromatic rings. The molecule has 3 N–H and O–H groups in total. The number of sulfonamides is 1. The van der Waals surface area contributed by atoms with E-state index in [9.17, 15) is 8.42 Å². The molecule has 0 spiro atoms. The molecule has 1 atom stereocenters. The zero-order chi connectivity index (χ0) is 21.0. The number of aliphatic imine (C=N–C) groups is 1. The summed E-state index contributed by atoms with van der Waals surface area (Å²) >= 11 is 0. The van der Waals surface area contributed by atoms with E-state index in [1.54, 1.807) is 14.0 Å². The Balaban J connectivity index is 1.86. The van der Waals surface area contributed by atoms with Gasteiger partial charge < -0.3 is 10.6 Å². The molecule has 0 aromatic heterocycles. The second-order valence-corrected chi connectivity index (χ2v) is 8.92. The van der Waals surface area contributed by atoms with E-state index in [-0.39, 0.29) is 5.75 Å². The molecule has 0 heterocycles. The lowest BCUT2D eigenvalue weighted by Crippen LogP contribution is -2.40. The number of guanidine groups is 1. The van der Waals surface area contributed by atoms with E-state index in [1.165, 1.54) is 11.1 Å². The molecule has 0 saturated heterocycles. The van der Waals surface area contributed by atoms with Crippen LogP contribution in [0.1, 0.15) is 30.4 Å². The SMILES string of the molecule is CCS(=O)(=O)NCCCNC(=NC)NCC(Cc1ccccc1)c1ccccc1. The zero-order valence-corrected chi connectivity index (χ0v) is 18.1. The maximum Gasteiger partial charge on any atom is 0.211 e. The fraction of sp³-hybridized carbons (Fsp3) is 0.409. The normalized spacial score (nSPS) is 13.1. The molecule has 2 aromatic carbocycles. The van der Waals surface area contributed by atoms with E-state index in [0.29, 0.717) is 25.4 Å². The summed E-state index contributed by atoms with van der Waals surface area (Å²) in [6.45, 7) is 3.44. The Kier molecular flexibility index (Phi) is 9.67. The molecule has 2 rings (SSSR count). The maximum atomic E-state index is 11.4. The molecule has 0 aliphatic heterocycles. The van der Waals surface area contributed by atoms with Crippen molar-refractivity contribution in [1.82, 2.24) is 15.4 Å². The summed E-state index contributed by atoms with van der Waals surface area (Å²) in [7, 11) is -1.39. The molecule has 0 radical (unpaired) electrons. The van der Waals surface area contributed by atoms with Crippen molar-refractivity contribution in [2.24, 2.45) is 4.99 Å². The quantitative estimate of drug-likeness (QED) is 0.299. The molecule has 7 heteroatoms. The van der Waals surface area contributed by atoms with Crippen LogP contribution in [0.5, 0.6) is 0 Å². The second kappa shape index (κ2) is 12.2. The highest BCUT2D eigenvalue weighted by molar-refractivity contribution is 7.89. The Bertz CT molecular complexity index is 840. The van der Waals surface area contributed by atoms with E-state index in [0.717, 1.165) is 18.9 Å². The first-order valence-electron chi connectivity index (χ1n) is 10.0. The summed E-state index contributed by atoms with van der Waals surface area (Å²) in [5.74, 6) is 1.14. The van der Waals surface area contributed by atoms with Crippen molar-refractivity contribution in [2.75, 3.05) is 32.4 Å². The monoisotopic (exact) mass is 416 g/mol. The molecule has 1 unspecified atom stereocenters. The van der Waals surface area contributed by atoms with Gasteiger partial charge in [-0.1, -0.05) is 60.7 Å². The third-order valence-electron chi connectivity index (χ3n) is 4.68. The van der Waals surface area contributed by atoms with Crippen molar-refractivity contribution >= 4 is 16.0 Å². The van der Waals surface area contributed by atoms with E-state index < -0.39 is 10.0 Å². The van der Waals surface area contributed by atoms with Gasteiger partial charge in [-0.05, 0) is 30.9 Å². The fourth-order valence-corrected chi connectivity index (χ4v) is 3.66. The van der Waals surface area contributed by atoms with E-state index in [1.807, 2.05) is 12.1 Å². The summed E-state index contributed by atoms with van der Waals surface area (Å²) in [5, 5.41) is 6.66. The Hall–Kier alpha value is -2.38. The number of hydrogen-bond acceptors (Lipinski definition) is 3. The van der Waals surface area contributed by atoms with Crippen LogP contribution in [0.3, 0.4) is 0 Å². The van der Waals surface area contributed by atoms with Gasteiger partial charge in [0.15, 0.2) is 5.96 Å². The number of nitrogens with zero attached hydrogens (tertiary/aromatic N) is 1. The largest absolute Gasteiger partial charge is 0.356 e. The van der Waals surface area contributed by atoms with Gasteiger partial charge in [0.1, 0.15) is 0 Å². The highest BCUT2D eigenvalue weighted by Crippen LogP contribution is 2.20. The molecular formula is C22H32N4O2S. The van der Waals surface area contributed by atoms with Crippen LogP contribution >= 0.6 is 0 Å². The fourth-order valence-electron chi connectivity index (χ4n) is 3.00. The summed E-state index contributed by atoms with van der Waals surface area (Å²) in [4.78, 5) is 4.28. The van der Waals surface area contributed by atoms with Crippen LogP contribution in [0.2, 0.25) is 0 Å². The Morgan fingerprint density at radius 3 is 2.24 bits per heavy atom. The Labute approximate surface area is 174 Å². The van der Waals surface area contributed by atoms with Gasteiger partial charge in [-0.15, -0.1) is 0 Å². The Morgan fingerprint density at radius 1 is 0.966 bits per heavy atom. The first kappa shape index (κ1) is 22.9. The van der Waals surface area contributed by atoms with Crippen LogP contribution in [0.4, 0.5) is 0 Å². The number of nitrogens with one attached hydrogen (secondary N) is 3. The Morgan fingerprint density at radius 2 is 1.62 bits per heavy atom. The van der Waals surface area contributed by atoms with Crippen LogP contribution in [-0.2, 0) is 16.4 Å². The summed E-state index contributed by atoms with van der Waals surface area (Å²) in [5.41, 5.74) is 2.59. The minimum atomic E-state index is -3.13. The predicted octanol–water partition coefficient (Wildman–Crippen LogP) is 2.51. The topological polar surface area (TPSA) is 82.6 Å². The molecule has 0 aliphatic rings. The lowest BCUT2D eigenvalue weighted by Gasteiger charge is -2.20. The highest BCUT2D eigenvalue weighted by atomic mass is 32.2. The van der Waals surface area contributed by atoms with Gasteiger partial charge in [-0.3, -0.25) is 4.99 Å². The predicted molar refractivity (Wildman–Crippen MR) is 121 cm³/mol. The molecule has 158 valence electrons. The third kappa shape index (κ3) is 8.66. The smallest absolute Gasteiger partial charge is 0.211 e. The average molecular weight is 417 g/mol. The van der Waals surface area contributed by atoms with Gasteiger partial charge in [0.2, 0.25) is 10.0 Å². The van der Waals surface area contributed by atoms with E-state index in [2.05, 4.69) is 68.9 Å². The second-order valence-electron chi connectivity index (χ2n) is 6.83. The molecule has 0 saturated carbocycles. The number of rotatable bonds is 11. The molecule has 0 amide bonds. The van der Waals surface area contributed by atoms with Crippen molar-refractivity contribution in [3.63, 3.8) is 0 Å². The van der Waals surface area contributed by atoms with Crippen LogP contribution in [-0.4, -0.2) is 46.8 Å². The number of hydrogen-bond donors (Lipinski definition) is 3. The van der Waals surface area contributed by atoms with Crippen molar-refractivity contribution in [1.29, 1.82) is 0 Å². The molecule has 29 heavy (non-hydrogen) atoms. The summed E-state index contributed by atoms with van der Waals surface area (Å²) in [6, 6.07) is 21.0. The van der Waals surface area contributed by atoms with Gasteiger partial charge in [0.25, 0.3) is 0 Å².